The number of carbonyl (C=O) groups is 1. The van der Waals surface area contributed by atoms with E-state index in [4.69, 9.17) is 10.5 Å². The Balaban J connectivity index is 2.91. The molecule has 0 aliphatic carbocycles. The Hall–Kier alpha value is -1.55. The molecule has 4 nitrogen and oxygen atoms in total. The predicted molar refractivity (Wildman–Crippen MR) is 77.2 cm³/mol. The molecule has 2 N–H and O–H groups in total. The lowest BCUT2D eigenvalue weighted by Crippen LogP contribution is -2.39. The molecule has 0 aliphatic heterocycles. The summed E-state index contributed by atoms with van der Waals surface area (Å²) in [6.07, 6.45) is 0. The largest absolute Gasteiger partial charge is 0.496 e. The normalized spacial score (nSPS) is 12.4. The molecule has 0 spiro atoms. The Morgan fingerprint density at radius 2 is 2.00 bits per heavy atom. The van der Waals surface area contributed by atoms with Gasteiger partial charge in [-0.25, -0.2) is 0 Å². The van der Waals surface area contributed by atoms with Gasteiger partial charge >= 0.3 is 0 Å². The minimum atomic E-state index is -0.465. The van der Waals surface area contributed by atoms with E-state index >= 15 is 0 Å². The van der Waals surface area contributed by atoms with Gasteiger partial charge in [0.1, 0.15) is 5.75 Å². The first kappa shape index (κ1) is 15.5. The Labute approximate surface area is 115 Å². The fraction of sp³-hybridized carbons (Fsp3) is 0.533. The zero-order valence-electron chi connectivity index (χ0n) is 12.4. The van der Waals surface area contributed by atoms with Crippen LogP contribution in [0.25, 0.3) is 0 Å². The van der Waals surface area contributed by atoms with Crippen molar-refractivity contribution in [2.24, 2.45) is 5.73 Å². The molecule has 1 aromatic rings. The second kappa shape index (κ2) is 6.57. The molecule has 4 heteroatoms. The van der Waals surface area contributed by atoms with E-state index in [-0.39, 0.29) is 5.91 Å². The van der Waals surface area contributed by atoms with E-state index in [1.807, 2.05) is 12.1 Å². The number of methoxy groups -OCH3 is 1. The molecule has 19 heavy (non-hydrogen) atoms. The molecule has 0 heterocycles. The van der Waals surface area contributed by atoms with Crippen molar-refractivity contribution in [3.63, 3.8) is 0 Å². The summed E-state index contributed by atoms with van der Waals surface area (Å²) in [4.78, 5) is 13.4. The molecule has 0 aromatic heterocycles. The van der Waals surface area contributed by atoms with Crippen molar-refractivity contribution >= 4 is 5.91 Å². The third kappa shape index (κ3) is 3.96. The maximum atomic E-state index is 11.8. The zero-order chi connectivity index (χ0) is 14.6. The van der Waals surface area contributed by atoms with Gasteiger partial charge in [0.2, 0.25) is 5.91 Å². The van der Waals surface area contributed by atoms with Crippen LogP contribution in [0.4, 0.5) is 0 Å². The van der Waals surface area contributed by atoms with E-state index in [2.05, 4.69) is 19.9 Å². The topological polar surface area (TPSA) is 55.6 Å². The molecule has 1 aromatic carbocycles. The Morgan fingerprint density at radius 3 is 2.47 bits per heavy atom. The van der Waals surface area contributed by atoms with E-state index in [9.17, 15) is 4.79 Å². The fourth-order valence-electron chi connectivity index (χ4n) is 2.03. The Kier molecular flexibility index (Phi) is 5.36. The van der Waals surface area contributed by atoms with Crippen molar-refractivity contribution < 1.29 is 9.53 Å². The number of hydrogen-bond donors (Lipinski definition) is 1. The molecule has 0 radical (unpaired) electrons. The minimum Gasteiger partial charge on any atom is -0.496 e. The summed E-state index contributed by atoms with van der Waals surface area (Å²) in [5, 5.41) is 0. The summed E-state index contributed by atoms with van der Waals surface area (Å²) >= 11 is 0. The van der Waals surface area contributed by atoms with Crippen LogP contribution in [0, 0.1) is 0 Å². The van der Waals surface area contributed by atoms with Crippen molar-refractivity contribution in [3.8, 4) is 5.75 Å². The number of rotatable bonds is 5. The van der Waals surface area contributed by atoms with Crippen molar-refractivity contribution in [3.05, 3.63) is 29.3 Å². The summed E-state index contributed by atoms with van der Waals surface area (Å²) in [7, 11) is 3.44. The molecule has 0 saturated heterocycles. The fourth-order valence-corrected chi connectivity index (χ4v) is 2.03. The van der Waals surface area contributed by atoms with E-state index in [0.29, 0.717) is 12.5 Å². The molecular weight excluding hydrogens is 240 g/mol. The number of benzene rings is 1. The Bertz CT molecular complexity index is 442. The average molecular weight is 264 g/mol. The van der Waals surface area contributed by atoms with Crippen molar-refractivity contribution in [1.82, 2.24) is 4.90 Å². The van der Waals surface area contributed by atoms with Crippen LogP contribution in [0.5, 0.6) is 5.75 Å². The van der Waals surface area contributed by atoms with Crippen LogP contribution < -0.4 is 10.5 Å². The molecule has 0 aliphatic rings. The lowest BCUT2D eigenvalue weighted by molar-refractivity contribution is -0.131. The van der Waals surface area contributed by atoms with Crippen LogP contribution in [0.1, 0.15) is 37.8 Å². The average Bonchev–Trinajstić information content (AvgIpc) is 2.37. The van der Waals surface area contributed by atoms with Gasteiger partial charge in [0.15, 0.2) is 0 Å². The van der Waals surface area contributed by atoms with Crippen LogP contribution in [0.2, 0.25) is 0 Å². The minimum absolute atomic E-state index is 0.0538. The number of carbonyl (C=O) groups excluding carboxylic acids is 1. The van der Waals surface area contributed by atoms with Crippen LogP contribution in [0.3, 0.4) is 0 Å². The Morgan fingerprint density at radius 1 is 1.37 bits per heavy atom. The van der Waals surface area contributed by atoms with E-state index in [1.165, 1.54) is 0 Å². The summed E-state index contributed by atoms with van der Waals surface area (Å²) in [5.74, 6) is 1.21. The second-order valence-corrected chi connectivity index (χ2v) is 5.21. The SMILES string of the molecule is COc1ccc(CN(C)C(=O)C(C)N)cc1C(C)C. The smallest absolute Gasteiger partial charge is 0.239 e. The number of nitrogens with two attached hydrogens (primary N) is 1. The summed E-state index contributed by atoms with van der Waals surface area (Å²) in [6.45, 7) is 6.51. The van der Waals surface area contributed by atoms with Crippen LogP contribution in [-0.4, -0.2) is 31.0 Å². The highest BCUT2D eigenvalue weighted by molar-refractivity contribution is 5.80. The van der Waals surface area contributed by atoms with E-state index in [0.717, 1.165) is 16.9 Å². The third-order valence-electron chi connectivity index (χ3n) is 3.10. The van der Waals surface area contributed by atoms with Crippen LogP contribution >= 0.6 is 0 Å². The maximum Gasteiger partial charge on any atom is 0.239 e. The molecule has 0 saturated carbocycles. The van der Waals surface area contributed by atoms with Gasteiger partial charge in [-0.05, 0) is 30.0 Å². The molecule has 106 valence electrons. The zero-order valence-corrected chi connectivity index (χ0v) is 12.4. The van der Waals surface area contributed by atoms with Gasteiger partial charge in [-0.15, -0.1) is 0 Å². The van der Waals surface area contributed by atoms with Gasteiger partial charge < -0.3 is 15.4 Å². The van der Waals surface area contributed by atoms with E-state index in [1.54, 1.807) is 26.0 Å². The molecule has 0 fully saturated rings. The highest BCUT2D eigenvalue weighted by Gasteiger charge is 2.15. The third-order valence-corrected chi connectivity index (χ3v) is 3.10. The number of ether oxygens (including phenoxy) is 1. The first-order valence-electron chi connectivity index (χ1n) is 6.54. The summed E-state index contributed by atoms with van der Waals surface area (Å²) in [5.41, 5.74) is 7.84. The first-order chi connectivity index (χ1) is 8.86. The molecular formula is C15H24N2O2. The van der Waals surface area contributed by atoms with Crippen molar-refractivity contribution in [2.75, 3.05) is 14.2 Å². The van der Waals surface area contributed by atoms with Gasteiger partial charge in [-0.3, -0.25) is 4.79 Å². The van der Waals surface area contributed by atoms with E-state index < -0.39 is 6.04 Å². The number of hydrogen-bond acceptors (Lipinski definition) is 3. The lowest BCUT2D eigenvalue weighted by atomic mass is 9.99. The second-order valence-electron chi connectivity index (χ2n) is 5.21. The summed E-state index contributed by atoms with van der Waals surface area (Å²) in [6, 6.07) is 5.56. The highest BCUT2D eigenvalue weighted by Crippen LogP contribution is 2.27. The van der Waals surface area contributed by atoms with Gasteiger partial charge in [0.25, 0.3) is 0 Å². The highest BCUT2D eigenvalue weighted by atomic mass is 16.5. The van der Waals surface area contributed by atoms with Crippen LogP contribution in [-0.2, 0) is 11.3 Å². The van der Waals surface area contributed by atoms with Gasteiger partial charge in [-0.1, -0.05) is 26.0 Å². The maximum absolute atomic E-state index is 11.8. The predicted octanol–water partition coefficient (Wildman–Crippen LogP) is 2.12. The quantitative estimate of drug-likeness (QED) is 0.886. The monoisotopic (exact) mass is 264 g/mol. The lowest BCUT2D eigenvalue weighted by Gasteiger charge is -2.20. The molecule has 0 bridgehead atoms. The number of nitrogens with zero attached hydrogens (tertiary/aromatic N) is 1. The van der Waals surface area contributed by atoms with Crippen molar-refractivity contribution in [2.45, 2.75) is 39.3 Å². The van der Waals surface area contributed by atoms with Crippen LogP contribution in [0.15, 0.2) is 18.2 Å². The first-order valence-corrected chi connectivity index (χ1v) is 6.54. The summed E-state index contributed by atoms with van der Waals surface area (Å²) < 4.78 is 5.35. The van der Waals surface area contributed by atoms with Gasteiger partial charge in [-0.2, -0.15) is 0 Å². The van der Waals surface area contributed by atoms with Gasteiger partial charge in [0, 0.05) is 13.6 Å². The van der Waals surface area contributed by atoms with Gasteiger partial charge in [0.05, 0.1) is 13.2 Å². The molecule has 1 unspecified atom stereocenters. The molecule has 1 amide bonds. The molecule has 1 atom stereocenters. The number of likely N-dealkylation sites (N-methyl/N-ethyl adjacent to an activating group) is 1. The molecule has 1 rings (SSSR count). The standard InChI is InChI=1S/C15H24N2O2/c1-10(2)13-8-12(6-7-14(13)19-5)9-17(4)15(18)11(3)16/h6-8,10-11H,9,16H2,1-5H3. The number of amides is 1. The van der Waals surface area contributed by atoms with Crippen molar-refractivity contribution in [1.29, 1.82) is 0 Å².